The standard InChI is InChI=1S/C21H28N2O4S/c1-5-23(6-2)14-13-22-21(24)18-9-11-19(12-10-18)27-28(25,26)20-15-16(3)7-8-17(20)4/h7-12,15H,5-6,13-14H2,1-4H3,(H,22,24). The molecule has 0 aliphatic rings. The van der Waals surface area contributed by atoms with E-state index >= 15 is 0 Å². The normalized spacial score (nSPS) is 11.5. The van der Waals surface area contributed by atoms with Crippen molar-refractivity contribution in [2.45, 2.75) is 32.6 Å². The Morgan fingerprint density at radius 1 is 1.04 bits per heavy atom. The molecule has 0 fully saturated rings. The van der Waals surface area contributed by atoms with Gasteiger partial charge in [0, 0.05) is 18.7 Å². The van der Waals surface area contributed by atoms with Crippen molar-refractivity contribution in [2.75, 3.05) is 26.2 Å². The summed E-state index contributed by atoms with van der Waals surface area (Å²) in [6, 6.07) is 11.3. The summed E-state index contributed by atoms with van der Waals surface area (Å²) in [6.45, 7) is 10.9. The number of nitrogens with zero attached hydrogens (tertiary/aromatic N) is 1. The van der Waals surface area contributed by atoms with Gasteiger partial charge in [-0.05, 0) is 68.4 Å². The van der Waals surface area contributed by atoms with Gasteiger partial charge in [0.15, 0.2) is 0 Å². The largest absolute Gasteiger partial charge is 0.379 e. The van der Waals surface area contributed by atoms with Gasteiger partial charge in [0.2, 0.25) is 0 Å². The van der Waals surface area contributed by atoms with Gasteiger partial charge in [-0.2, -0.15) is 8.42 Å². The number of hydrogen-bond acceptors (Lipinski definition) is 5. The van der Waals surface area contributed by atoms with Crippen molar-refractivity contribution in [2.24, 2.45) is 0 Å². The maximum atomic E-state index is 12.5. The smallest absolute Gasteiger partial charge is 0.339 e. The highest BCUT2D eigenvalue weighted by atomic mass is 32.2. The zero-order valence-corrected chi connectivity index (χ0v) is 17.7. The Labute approximate surface area is 167 Å². The maximum absolute atomic E-state index is 12.5. The average molecular weight is 405 g/mol. The van der Waals surface area contributed by atoms with Crippen molar-refractivity contribution < 1.29 is 17.4 Å². The second-order valence-corrected chi connectivity index (χ2v) is 8.13. The average Bonchev–Trinajstić information content (AvgIpc) is 2.67. The van der Waals surface area contributed by atoms with E-state index in [1.54, 1.807) is 31.2 Å². The van der Waals surface area contributed by atoms with E-state index in [0.29, 0.717) is 17.7 Å². The van der Waals surface area contributed by atoms with Crippen molar-refractivity contribution in [3.63, 3.8) is 0 Å². The van der Waals surface area contributed by atoms with Gasteiger partial charge in [0.25, 0.3) is 5.91 Å². The second kappa shape index (κ2) is 9.71. The van der Waals surface area contributed by atoms with Crippen LogP contribution in [0, 0.1) is 13.8 Å². The zero-order chi connectivity index (χ0) is 20.7. The SMILES string of the molecule is CCN(CC)CCNC(=O)c1ccc(OS(=O)(=O)c2cc(C)ccc2C)cc1. The molecule has 6 nitrogen and oxygen atoms in total. The summed E-state index contributed by atoms with van der Waals surface area (Å²) in [5.41, 5.74) is 1.91. The third-order valence-electron chi connectivity index (χ3n) is 4.54. The first-order valence-electron chi connectivity index (χ1n) is 9.39. The predicted molar refractivity (Wildman–Crippen MR) is 110 cm³/mol. The van der Waals surface area contributed by atoms with Crippen LogP contribution in [0.15, 0.2) is 47.4 Å². The number of likely N-dealkylation sites (N-methyl/N-ethyl adjacent to an activating group) is 1. The van der Waals surface area contributed by atoms with Crippen molar-refractivity contribution in [1.82, 2.24) is 10.2 Å². The van der Waals surface area contributed by atoms with Crippen LogP contribution in [0.4, 0.5) is 0 Å². The molecule has 1 amide bonds. The highest BCUT2D eigenvalue weighted by molar-refractivity contribution is 7.87. The number of rotatable bonds is 9. The van der Waals surface area contributed by atoms with E-state index in [4.69, 9.17) is 4.18 Å². The van der Waals surface area contributed by atoms with Crippen LogP contribution in [0.5, 0.6) is 5.75 Å². The lowest BCUT2D eigenvalue weighted by atomic mass is 10.2. The molecule has 0 saturated carbocycles. The van der Waals surface area contributed by atoms with Crippen molar-refractivity contribution in [1.29, 1.82) is 0 Å². The quantitative estimate of drug-likeness (QED) is 0.650. The van der Waals surface area contributed by atoms with Crippen molar-refractivity contribution in [3.8, 4) is 5.75 Å². The molecule has 0 spiro atoms. The summed E-state index contributed by atoms with van der Waals surface area (Å²) in [7, 11) is -3.94. The van der Waals surface area contributed by atoms with E-state index in [2.05, 4.69) is 24.1 Å². The Morgan fingerprint density at radius 3 is 2.29 bits per heavy atom. The Bertz CT molecular complexity index is 905. The second-order valence-electron chi connectivity index (χ2n) is 6.61. The fourth-order valence-corrected chi connectivity index (χ4v) is 4.03. The summed E-state index contributed by atoms with van der Waals surface area (Å²) in [5.74, 6) is -0.0308. The molecule has 1 N–H and O–H groups in total. The highest BCUT2D eigenvalue weighted by Crippen LogP contribution is 2.22. The molecule has 152 valence electrons. The third-order valence-corrected chi connectivity index (χ3v) is 5.93. The van der Waals surface area contributed by atoms with Gasteiger partial charge in [-0.15, -0.1) is 0 Å². The molecular formula is C21H28N2O4S. The summed E-state index contributed by atoms with van der Waals surface area (Å²) < 4.78 is 30.3. The van der Waals surface area contributed by atoms with Gasteiger partial charge in [0.05, 0.1) is 0 Å². The zero-order valence-electron chi connectivity index (χ0n) is 16.9. The highest BCUT2D eigenvalue weighted by Gasteiger charge is 2.19. The number of nitrogens with one attached hydrogen (secondary N) is 1. The minimum atomic E-state index is -3.94. The molecule has 0 aliphatic heterocycles. The maximum Gasteiger partial charge on any atom is 0.339 e. The van der Waals surface area contributed by atoms with Crippen LogP contribution in [-0.2, 0) is 10.1 Å². The van der Waals surface area contributed by atoms with Crippen LogP contribution in [0.1, 0.15) is 35.3 Å². The number of carbonyl (C=O) groups is 1. The first-order valence-corrected chi connectivity index (χ1v) is 10.8. The molecule has 0 heterocycles. The van der Waals surface area contributed by atoms with Gasteiger partial charge in [-0.25, -0.2) is 0 Å². The fraction of sp³-hybridized carbons (Fsp3) is 0.381. The van der Waals surface area contributed by atoms with Crippen LogP contribution in [-0.4, -0.2) is 45.4 Å². The first-order chi connectivity index (χ1) is 13.3. The minimum absolute atomic E-state index is 0.144. The molecule has 0 aromatic heterocycles. The van der Waals surface area contributed by atoms with E-state index in [9.17, 15) is 13.2 Å². The lowest BCUT2D eigenvalue weighted by molar-refractivity contribution is 0.0949. The minimum Gasteiger partial charge on any atom is -0.379 e. The molecular weight excluding hydrogens is 376 g/mol. The molecule has 0 atom stereocenters. The van der Waals surface area contributed by atoms with Gasteiger partial charge in [-0.1, -0.05) is 26.0 Å². The van der Waals surface area contributed by atoms with Crippen molar-refractivity contribution in [3.05, 3.63) is 59.2 Å². The van der Waals surface area contributed by atoms with Gasteiger partial charge in [-0.3, -0.25) is 4.79 Å². The lowest BCUT2D eigenvalue weighted by Gasteiger charge is -2.18. The first kappa shape index (κ1) is 21.9. The Morgan fingerprint density at radius 2 is 1.68 bits per heavy atom. The Hall–Kier alpha value is -2.38. The molecule has 7 heteroatoms. The van der Waals surface area contributed by atoms with Crippen LogP contribution >= 0.6 is 0 Å². The monoisotopic (exact) mass is 404 g/mol. The van der Waals surface area contributed by atoms with E-state index in [0.717, 1.165) is 25.2 Å². The van der Waals surface area contributed by atoms with E-state index in [-0.39, 0.29) is 16.6 Å². The number of benzene rings is 2. The summed E-state index contributed by atoms with van der Waals surface area (Å²) in [5, 5.41) is 2.87. The summed E-state index contributed by atoms with van der Waals surface area (Å²) in [4.78, 5) is 14.6. The van der Waals surface area contributed by atoms with Gasteiger partial charge >= 0.3 is 10.1 Å². The summed E-state index contributed by atoms with van der Waals surface area (Å²) >= 11 is 0. The molecule has 2 rings (SSSR count). The number of aryl methyl sites for hydroxylation is 2. The van der Waals surface area contributed by atoms with E-state index in [1.165, 1.54) is 12.1 Å². The van der Waals surface area contributed by atoms with Gasteiger partial charge < -0.3 is 14.4 Å². The molecule has 0 aliphatic carbocycles. The Kier molecular flexibility index (Phi) is 7.60. The van der Waals surface area contributed by atoms with Crippen molar-refractivity contribution >= 4 is 16.0 Å². The third kappa shape index (κ3) is 5.81. The number of amides is 1. The fourth-order valence-electron chi connectivity index (χ4n) is 2.78. The van der Waals surface area contributed by atoms with Crippen LogP contribution in [0.3, 0.4) is 0 Å². The molecule has 28 heavy (non-hydrogen) atoms. The van der Waals surface area contributed by atoms with E-state index in [1.807, 2.05) is 13.0 Å². The predicted octanol–water partition coefficient (Wildman–Crippen LogP) is 3.14. The topological polar surface area (TPSA) is 75.7 Å². The molecule has 0 unspecified atom stereocenters. The van der Waals surface area contributed by atoms with Gasteiger partial charge in [0.1, 0.15) is 10.6 Å². The molecule has 2 aromatic rings. The lowest BCUT2D eigenvalue weighted by Crippen LogP contribution is -2.34. The molecule has 0 bridgehead atoms. The summed E-state index contributed by atoms with van der Waals surface area (Å²) in [6.07, 6.45) is 0. The van der Waals surface area contributed by atoms with Crippen LogP contribution < -0.4 is 9.50 Å². The molecule has 2 aromatic carbocycles. The van der Waals surface area contributed by atoms with Crippen LogP contribution in [0.25, 0.3) is 0 Å². The van der Waals surface area contributed by atoms with E-state index < -0.39 is 10.1 Å². The molecule has 0 radical (unpaired) electrons. The number of carbonyl (C=O) groups excluding carboxylic acids is 1. The number of hydrogen-bond donors (Lipinski definition) is 1. The van der Waals surface area contributed by atoms with Crippen LogP contribution in [0.2, 0.25) is 0 Å². The molecule has 0 saturated heterocycles. The Balaban J connectivity index is 2.02.